The topological polar surface area (TPSA) is 8.17 Å². The number of rotatable bonds is 3. The lowest BCUT2D eigenvalue weighted by atomic mass is 9.93. The van der Waals surface area contributed by atoms with Crippen LogP contribution in [-0.4, -0.2) is 22.6 Å². The van der Waals surface area contributed by atoms with Crippen LogP contribution in [0.1, 0.15) is 42.3 Å². The maximum Gasteiger partial charge on any atom is 0.0675 e. The van der Waals surface area contributed by atoms with E-state index in [9.17, 15) is 0 Å². The van der Waals surface area contributed by atoms with Gasteiger partial charge in [0.1, 0.15) is 0 Å². The standard InChI is InChI=1S/C23H27ClN2/c1-15-8-5-6-9-18(15)12-13-26-21-14-16(2)25(4)17(3)22(21)19-10-7-11-20(24)23(19)26/h5-11,16-17H,12-14H2,1-4H3. The molecule has 0 fully saturated rings. The summed E-state index contributed by atoms with van der Waals surface area (Å²) < 4.78 is 2.50. The van der Waals surface area contributed by atoms with Crippen LogP contribution < -0.4 is 0 Å². The maximum atomic E-state index is 6.68. The molecule has 0 amide bonds. The Kier molecular flexibility index (Phi) is 4.58. The molecule has 2 heterocycles. The highest BCUT2D eigenvalue weighted by molar-refractivity contribution is 6.35. The summed E-state index contributed by atoms with van der Waals surface area (Å²) in [7, 11) is 2.24. The average molecular weight is 367 g/mol. The van der Waals surface area contributed by atoms with E-state index < -0.39 is 0 Å². The minimum Gasteiger partial charge on any atom is -0.343 e. The number of aromatic nitrogens is 1. The minimum absolute atomic E-state index is 0.412. The average Bonchev–Trinajstić information content (AvgIpc) is 2.94. The summed E-state index contributed by atoms with van der Waals surface area (Å²) in [5, 5.41) is 2.19. The fourth-order valence-electron chi connectivity index (χ4n) is 4.51. The van der Waals surface area contributed by atoms with Gasteiger partial charge in [-0.2, -0.15) is 0 Å². The van der Waals surface area contributed by atoms with Gasteiger partial charge in [0.15, 0.2) is 0 Å². The first-order valence-corrected chi connectivity index (χ1v) is 9.92. The van der Waals surface area contributed by atoms with Crippen LogP contribution >= 0.6 is 11.6 Å². The van der Waals surface area contributed by atoms with Crippen molar-refractivity contribution >= 4 is 22.5 Å². The highest BCUT2D eigenvalue weighted by Gasteiger charge is 2.32. The van der Waals surface area contributed by atoms with E-state index in [0.717, 1.165) is 24.4 Å². The predicted molar refractivity (Wildman–Crippen MR) is 111 cm³/mol. The van der Waals surface area contributed by atoms with Crippen molar-refractivity contribution in [1.29, 1.82) is 0 Å². The predicted octanol–water partition coefficient (Wildman–Crippen LogP) is 5.78. The first-order valence-electron chi connectivity index (χ1n) is 9.55. The Hall–Kier alpha value is -1.77. The van der Waals surface area contributed by atoms with Crippen molar-refractivity contribution < 1.29 is 0 Å². The monoisotopic (exact) mass is 366 g/mol. The molecular weight excluding hydrogens is 340 g/mol. The lowest BCUT2D eigenvalue weighted by Gasteiger charge is -2.36. The van der Waals surface area contributed by atoms with Crippen LogP contribution in [0.4, 0.5) is 0 Å². The van der Waals surface area contributed by atoms with Crippen molar-refractivity contribution in [1.82, 2.24) is 9.47 Å². The third-order valence-electron chi connectivity index (χ3n) is 6.26. The Labute approximate surface area is 161 Å². The first kappa shape index (κ1) is 17.6. The highest BCUT2D eigenvalue weighted by Crippen LogP contribution is 2.41. The Bertz CT molecular complexity index is 956. The van der Waals surface area contributed by atoms with Gasteiger partial charge in [-0.25, -0.2) is 0 Å². The molecule has 0 bridgehead atoms. The van der Waals surface area contributed by atoms with Crippen molar-refractivity contribution in [2.45, 2.75) is 52.2 Å². The van der Waals surface area contributed by atoms with Gasteiger partial charge in [-0.05, 0) is 57.0 Å². The largest absolute Gasteiger partial charge is 0.343 e. The van der Waals surface area contributed by atoms with Crippen LogP contribution in [0.5, 0.6) is 0 Å². The molecule has 2 unspecified atom stereocenters. The molecule has 1 aliphatic heterocycles. The van der Waals surface area contributed by atoms with E-state index in [4.69, 9.17) is 11.6 Å². The molecule has 0 saturated carbocycles. The summed E-state index contributed by atoms with van der Waals surface area (Å²) in [6.07, 6.45) is 2.11. The molecule has 1 aromatic heterocycles. The molecule has 0 N–H and O–H groups in total. The van der Waals surface area contributed by atoms with Crippen LogP contribution in [0.25, 0.3) is 10.9 Å². The minimum atomic E-state index is 0.412. The Morgan fingerprint density at radius 2 is 1.85 bits per heavy atom. The molecule has 0 radical (unpaired) electrons. The third kappa shape index (κ3) is 2.76. The smallest absolute Gasteiger partial charge is 0.0675 e. The summed E-state index contributed by atoms with van der Waals surface area (Å²) in [5.74, 6) is 0. The zero-order chi connectivity index (χ0) is 18.4. The second-order valence-corrected chi connectivity index (χ2v) is 8.13. The first-order chi connectivity index (χ1) is 12.5. The molecule has 2 atom stereocenters. The number of hydrogen-bond donors (Lipinski definition) is 0. The summed E-state index contributed by atoms with van der Waals surface area (Å²) in [6, 6.07) is 16.0. The number of benzene rings is 2. The van der Waals surface area contributed by atoms with E-state index in [1.807, 2.05) is 6.07 Å². The number of fused-ring (bicyclic) bond motifs is 3. The molecule has 4 rings (SSSR count). The normalized spacial score (nSPS) is 20.5. The Morgan fingerprint density at radius 3 is 2.62 bits per heavy atom. The van der Waals surface area contributed by atoms with Gasteiger partial charge in [0, 0.05) is 36.1 Å². The molecule has 26 heavy (non-hydrogen) atoms. The van der Waals surface area contributed by atoms with Crippen LogP contribution in [0, 0.1) is 6.92 Å². The molecule has 3 aromatic rings. The van der Waals surface area contributed by atoms with Crippen molar-refractivity contribution in [3.05, 3.63) is 69.9 Å². The van der Waals surface area contributed by atoms with E-state index >= 15 is 0 Å². The van der Waals surface area contributed by atoms with Crippen molar-refractivity contribution in [2.75, 3.05) is 7.05 Å². The summed E-state index contributed by atoms with van der Waals surface area (Å²) >= 11 is 6.68. The zero-order valence-corrected chi connectivity index (χ0v) is 16.8. The molecule has 1 aliphatic rings. The second kappa shape index (κ2) is 6.75. The molecule has 136 valence electrons. The van der Waals surface area contributed by atoms with Gasteiger partial charge in [0.25, 0.3) is 0 Å². The van der Waals surface area contributed by atoms with Gasteiger partial charge < -0.3 is 4.57 Å². The molecule has 2 aromatic carbocycles. The van der Waals surface area contributed by atoms with E-state index in [1.165, 1.54) is 33.3 Å². The fourth-order valence-corrected chi connectivity index (χ4v) is 4.78. The lowest BCUT2D eigenvalue weighted by Crippen LogP contribution is -2.38. The summed E-state index contributed by atoms with van der Waals surface area (Å²) in [4.78, 5) is 2.48. The van der Waals surface area contributed by atoms with E-state index in [-0.39, 0.29) is 0 Å². The molecule has 2 nitrogen and oxygen atoms in total. The van der Waals surface area contributed by atoms with Crippen LogP contribution in [0.15, 0.2) is 42.5 Å². The number of likely N-dealkylation sites (N-methyl/N-ethyl adjacent to an activating group) is 1. The molecule has 0 spiro atoms. The molecule has 3 heteroatoms. The molecule has 0 saturated heterocycles. The van der Waals surface area contributed by atoms with Crippen molar-refractivity contribution in [3.8, 4) is 0 Å². The van der Waals surface area contributed by atoms with Crippen molar-refractivity contribution in [3.63, 3.8) is 0 Å². The van der Waals surface area contributed by atoms with Gasteiger partial charge in [-0.1, -0.05) is 48.0 Å². The number of hydrogen-bond acceptors (Lipinski definition) is 1. The zero-order valence-electron chi connectivity index (χ0n) is 16.1. The maximum absolute atomic E-state index is 6.68. The van der Waals surface area contributed by atoms with E-state index in [1.54, 1.807) is 0 Å². The van der Waals surface area contributed by atoms with Crippen LogP contribution in [-0.2, 0) is 19.4 Å². The van der Waals surface area contributed by atoms with Gasteiger partial charge in [0.05, 0.1) is 10.5 Å². The number of nitrogens with zero attached hydrogens (tertiary/aromatic N) is 2. The van der Waals surface area contributed by atoms with Gasteiger partial charge in [-0.15, -0.1) is 0 Å². The van der Waals surface area contributed by atoms with Gasteiger partial charge in [0.2, 0.25) is 0 Å². The van der Waals surface area contributed by atoms with Crippen LogP contribution in [0.2, 0.25) is 5.02 Å². The SMILES string of the molecule is Cc1ccccc1CCn1c2c(c3cccc(Cl)c31)C(C)N(C)C(C)C2. The van der Waals surface area contributed by atoms with Gasteiger partial charge >= 0.3 is 0 Å². The highest BCUT2D eigenvalue weighted by atomic mass is 35.5. The quantitative estimate of drug-likeness (QED) is 0.570. The fraction of sp³-hybridized carbons (Fsp3) is 0.391. The number of para-hydroxylation sites is 1. The number of aryl methyl sites for hydroxylation is 3. The Morgan fingerprint density at radius 1 is 1.08 bits per heavy atom. The lowest BCUT2D eigenvalue weighted by molar-refractivity contribution is 0.177. The van der Waals surface area contributed by atoms with Gasteiger partial charge in [-0.3, -0.25) is 4.90 Å². The summed E-state index contributed by atoms with van der Waals surface area (Å²) in [6.45, 7) is 7.82. The van der Waals surface area contributed by atoms with E-state index in [0.29, 0.717) is 12.1 Å². The van der Waals surface area contributed by atoms with Crippen molar-refractivity contribution in [2.24, 2.45) is 0 Å². The number of halogens is 1. The molecular formula is C23H27ClN2. The van der Waals surface area contributed by atoms with E-state index in [2.05, 4.69) is 73.7 Å². The third-order valence-corrected chi connectivity index (χ3v) is 6.57. The Balaban J connectivity index is 1.84. The molecule has 0 aliphatic carbocycles. The second-order valence-electron chi connectivity index (χ2n) is 7.72. The summed E-state index contributed by atoms with van der Waals surface area (Å²) in [5.41, 5.74) is 6.93. The van der Waals surface area contributed by atoms with Crippen LogP contribution in [0.3, 0.4) is 0 Å².